The molecule has 13 heavy (non-hydrogen) atoms. The maximum Gasteiger partial charge on any atom is 0.305 e. The third-order valence-corrected chi connectivity index (χ3v) is 2.93. The van der Waals surface area contributed by atoms with E-state index in [2.05, 4.69) is 11.7 Å². The molecule has 3 nitrogen and oxygen atoms in total. The van der Waals surface area contributed by atoms with E-state index in [0.717, 1.165) is 25.7 Å². The van der Waals surface area contributed by atoms with Gasteiger partial charge < -0.3 is 10.5 Å². The van der Waals surface area contributed by atoms with Crippen molar-refractivity contribution in [1.82, 2.24) is 0 Å². The Morgan fingerprint density at radius 2 is 2.08 bits per heavy atom. The van der Waals surface area contributed by atoms with E-state index in [9.17, 15) is 4.79 Å². The quantitative estimate of drug-likeness (QED) is 0.662. The van der Waals surface area contributed by atoms with Gasteiger partial charge in [0.25, 0.3) is 0 Å². The Balaban J connectivity index is 2.29. The lowest BCUT2D eigenvalue weighted by Gasteiger charge is -2.33. The number of esters is 1. The lowest BCUT2D eigenvalue weighted by atomic mass is 9.77. The van der Waals surface area contributed by atoms with Crippen LogP contribution in [0, 0.1) is 5.92 Å². The smallest absolute Gasteiger partial charge is 0.305 e. The second kappa shape index (κ2) is 4.09. The van der Waals surface area contributed by atoms with Crippen molar-refractivity contribution in [2.45, 2.75) is 44.6 Å². The zero-order chi connectivity index (χ0) is 9.90. The van der Waals surface area contributed by atoms with Gasteiger partial charge in [0.05, 0.1) is 7.11 Å². The number of ether oxygens (including phenoxy) is 1. The summed E-state index contributed by atoms with van der Waals surface area (Å²) in [5.74, 6) is 0.398. The summed E-state index contributed by atoms with van der Waals surface area (Å²) in [6.45, 7) is 2.08. The minimum absolute atomic E-state index is 0.00732. The van der Waals surface area contributed by atoms with Gasteiger partial charge >= 0.3 is 5.97 Å². The highest BCUT2D eigenvalue weighted by Gasteiger charge is 2.28. The van der Waals surface area contributed by atoms with Crippen molar-refractivity contribution in [2.75, 3.05) is 7.11 Å². The van der Waals surface area contributed by atoms with Crippen molar-refractivity contribution in [3.8, 4) is 0 Å². The third kappa shape index (κ3) is 3.35. The van der Waals surface area contributed by atoms with Crippen molar-refractivity contribution in [3.63, 3.8) is 0 Å². The van der Waals surface area contributed by atoms with Crippen LogP contribution in [0.2, 0.25) is 0 Å². The molecule has 1 aliphatic rings. The lowest BCUT2D eigenvalue weighted by Crippen LogP contribution is -2.40. The Bertz CT molecular complexity index is 179. The summed E-state index contributed by atoms with van der Waals surface area (Å²) in [5.41, 5.74) is 5.98. The van der Waals surface area contributed by atoms with Gasteiger partial charge in [-0.15, -0.1) is 0 Å². The SMILES string of the molecule is COC(=O)CC1CCC(C)(N)CC1. The minimum atomic E-state index is -0.0920. The second-order valence-electron chi connectivity index (χ2n) is 4.38. The van der Waals surface area contributed by atoms with Crippen molar-refractivity contribution in [3.05, 3.63) is 0 Å². The molecule has 0 aromatic carbocycles. The van der Waals surface area contributed by atoms with Gasteiger partial charge in [-0.1, -0.05) is 0 Å². The van der Waals surface area contributed by atoms with E-state index >= 15 is 0 Å². The van der Waals surface area contributed by atoms with Crippen LogP contribution in [-0.2, 0) is 9.53 Å². The van der Waals surface area contributed by atoms with Crippen LogP contribution in [0.5, 0.6) is 0 Å². The van der Waals surface area contributed by atoms with E-state index in [1.54, 1.807) is 0 Å². The van der Waals surface area contributed by atoms with Crippen LogP contribution in [0.25, 0.3) is 0 Å². The maximum absolute atomic E-state index is 11.0. The van der Waals surface area contributed by atoms with Gasteiger partial charge in [-0.3, -0.25) is 4.79 Å². The molecule has 0 aromatic heterocycles. The summed E-state index contributed by atoms with van der Waals surface area (Å²) in [7, 11) is 1.44. The standard InChI is InChI=1S/C10H19NO2/c1-10(11)5-3-8(4-6-10)7-9(12)13-2/h8H,3-7,11H2,1-2H3. The molecule has 0 aromatic rings. The first-order chi connectivity index (χ1) is 6.03. The average Bonchev–Trinajstić information content (AvgIpc) is 2.08. The van der Waals surface area contributed by atoms with Crippen molar-refractivity contribution in [2.24, 2.45) is 11.7 Å². The summed E-state index contributed by atoms with van der Waals surface area (Å²) in [6.07, 6.45) is 4.72. The summed E-state index contributed by atoms with van der Waals surface area (Å²) >= 11 is 0. The van der Waals surface area contributed by atoms with Crippen LogP contribution < -0.4 is 5.73 Å². The highest BCUT2D eigenvalue weighted by molar-refractivity contribution is 5.69. The van der Waals surface area contributed by atoms with E-state index in [1.165, 1.54) is 7.11 Å². The van der Waals surface area contributed by atoms with Gasteiger partial charge in [0.1, 0.15) is 0 Å². The Kier molecular flexibility index (Phi) is 3.31. The zero-order valence-corrected chi connectivity index (χ0v) is 8.51. The normalized spacial score (nSPS) is 34.2. The monoisotopic (exact) mass is 185 g/mol. The molecule has 1 aliphatic carbocycles. The van der Waals surface area contributed by atoms with Crippen LogP contribution in [0.15, 0.2) is 0 Å². The fourth-order valence-corrected chi connectivity index (χ4v) is 1.86. The van der Waals surface area contributed by atoms with E-state index in [0.29, 0.717) is 12.3 Å². The zero-order valence-electron chi connectivity index (χ0n) is 8.51. The number of carbonyl (C=O) groups is 1. The number of hydrogen-bond donors (Lipinski definition) is 1. The van der Waals surface area contributed by atoms with Gasteiger partial charge in [-0.05, 0) is 38.5 Å². The molecule has 2 N–H and O–H groups in total. The van der Waals surface area contributed by atoms with E-state index in [1.807, 2.05) is 0 Å². The summed E-state index contributed by atoms with van der Waals surface area (Å²) in [5, 5.41) is 0. The van der Waals surface area contributed by atoms with Gasteiger partial charge in [-0.2, -0.15) is 0 Å². The molecule has 0 amide bonds. The van der Waals surface area contributed by atoms with Gasteiger partial charge in [-0.25, -0.2) is 0 Å². The number of carbonyl (C=O) groups excluding carboxylic acids is 1. The average molecular weight is 185 g/mol. The molecule has 0 aliphatic heterocycles. The molecular formula is C10H19NO2. The number of nitrogens with two attached hydrogens (primary N) is 1. The third-order valence-electron chi connectivity index (χ3n) is 2.93. The van der Waals surface area contributed by atoms with Crippen molar-refractivity contribution in [1.29, 1.82) is 0 Å². The highest BCUT2D eigenvalue weighted by Crippen LogP contribution is 2.31. The van der Waals surface area contributed by atoms with E-state index in [4.69, 9.17) is 5.73 Å². The Morgan fingerprint density at radius 3 is 2.54 bits per heavy atom. The number of hydrogen-bond acceptors (Lipinski definition) is 3. The van der Waals surface area contributed by atoms with Crippen molar-refractivity contribution < 1.29 is 9.53 Å². The molecule has 0 spiro atoms. The van der Waals surface area contributed by atoms with E-state index < -0.39 is 0 Å². The van der Waals surface area contributed by atoms with Gasteiger partial charge in [0.2, 0.25) is 0 Å². The molecule has 0 radical (unpaired) electrons. The molecule has 0 unspecified atom stereocenters. The first-order valence-corrected chi connectivity index (χ1v) is 4.89. The fourth-order valence-electron chi connectivity index (χ4n) is 1.86. The highest BCUT2D eigenvalue weighted by atomic mass is 16.5. The summed E-state index contributed by atoms with van der Waals surface area (Å²) < 4.78 is 4.63. The first kappa shape index (κ1) is 10.5. The number of methoxy groups -OCH3 is 1. The van der Waals surface area contributed by atoms with Crippen LogP contribution in [0.3, 0.4) is 0 Å². The molecule has 3 heteroatoms. The predicted molar refractivity (Wildman–Crippen MR) is 51.2 cm³/mol. The predicted octanol–water partition coefficient (Wildman–Crippen LogP) is 1.46. The Labute approximate surface area is 79.6 Å². The minimum Gasteiger partial charge on any atom is -0.469 e. The molecule has 0 bridgehead atoms. The molecule has 0 heterocycles. The largest absolute Gasteiger partial charge is 0.469 e. The number of rotatable bonds is 2. The van der Waals surface area contributed by atoms with Crippen LogP contribution in [0.4, 0.5) is 0 Å². The van der Waals surface area contributed by atoms with E-state index in [-0.39, 0.29) is 11.5 Å². The second-order valence-corrected chi connectivity index (χ2v) is 4.38. The van der Waals surface area contributed by atoms with Crippen LogP contribution in [0.1, 0.15) is 39.0 Å². The maximum atomic E-state index is 11.0. The molecular weight excluding hydrogens is 166 g/mol. The molecule has 1 rings (SSSR count). The molecule has 0 saturated heterocycles. The van der Waals surface area contributed by atoms with Crippen LogP contribution >= 0.6 is 0 Å². The lowest BCUT2D eigenvalue weighted by molar-refractivity contribution is -0.142. The Morgan fingerprint density at radius 1 is 1.54 bits per heavy atom. The Hall–Kier alpha value is -0.570. The molecule has 0 atom stereocenters. The van der Waals surface area contributed by atoms with Crippen LogP contribution in [-0.4, -0.2) is 18.6 Å². The first-order valence-electron chi connectivity index (χ1n) is 4.89. The topological polar surface area (TPSA) is 52.3 Å². The van der Waals surface area contributed by atoms with Gasteiger partial charge in [0, 0.05) is 12.0 Å². The fraction of sp³-hybridized carbons (Fsp3) is 0.900. The molecule has 1 fully saturated rings. The molecule has 1 saturated carbocycles. The molecule has 76 valence electrons. The summed E-state index contributed by atoms with van der Waals surface area (Å²) in [6, 6.07) is 0. The summed E-state index contributed by atoms with van der Waals surface area (Å²) in [4.78, 5) is 11.0. The van der Waals surface area contributed by atoms with Gasteiger partial charge in [0.15, 0.2) is 0 Å². The van der Waals surface area contributed by atoms with Crippen molar-refractivity contribution >= 4 is 5.97 Å².